The standard InChI is InChI=1S/C73H120O6/c1-4-7-10-13-16-19-22-25-27-28-29-30-31-32-33-34-35-36-37-38-39-40-41-42-43-44-46-48-51-54-57-60-63-66-72(75)78-69-70(68-77-71(74)65-62-59-56-53-50-47-24-21-18-15-12-9-6-3)79-73(76)67-64-61-58-55-52-49-45-26-23-20-17-14-11-8-5-2/h7,9-10,12,16-21,25-27,29-30,32-33,35-36,45,47,50,70H,4-6,8,11,13-15,22-24,28,31,34,37-44,46,48-49,51-69H2,1-3H3/b10-7-,12-9-,19-16-,20-17-,21-18-,27-25-,30-29-,33-32-,36-35-,45-26-,50-47-. The predicted octanol–water partition coefficient (Wildman–Crippen LogP) is 22.5. The molecule has 1 atom stereocenters. The first-order valence-corrected chi connectivity index (χ1v) is 32.7. The maximum absolute atomic E-state index is 12.9. The van der Waals surface area contributed by atoms with Crippen LogP contribution in [0.3, 0.4) is 0 Å². The fourth-order valence-electron chi connectivity index (χ4n) is 8.79. The van der Waals surface area contributed by atoms with Crippen LogP contribution in [0.1, 0.15) is 290 Å². The molecule has 6 nitrogen and oxygen atoms in total. The number of carbonyl (C=O) groups is 3. The maximum Gasteiger partial charge on any atom is 0.306 e. The Labute approximate surface area is 487 Å². The minimum Gasteiger partial charge on any atom is -0.462 e. The van der Waals surface area contributed by atoms with Crippen LogP contribution in [0.5, 0.6) is 0 Å². The van der Waals surface area contributed by atoms with E-state index in [9.17, 15) is 14.4 Å². The van der Waals surface area contributed by atoms with E-state index in [1.54, 1.807) is 0 Å². The zero-order chi connectivity index (χ0) is 57.1. The van der Waals surface area contributed by atoms with Gasteiger partial charge in [0, 0.05) is 19.3 Å². The molecule has 0 N–H and O–H groups in total. The monoisotopic (exact) mass is 1090 g/mol. The molecule has 0 rings (SSSR count). The SMILES string of the molecule is CC/C=C\C/C=C\C/C=C\C/C=C\C/C=C\C/C=C\CCCCCCCCCCCCCCCCC(=O)OCC(COC(=O)CCCCC/C=C\C/C=C\C/C=C\CC)OC(=O)CCCCCCC/C=C\C/C=C\CCCCC. The molecular formula is C73H120O6. The highest BCUT2D eigenvalue weighted by atomic mass is 16.6. The first-order valence-electron chi connectivity index (χ1n) is 32.7. The average molecular weight is 1090 g/mol. The van der Waals surface area contributed by atoms with Crippen molar-refractivity contribution in [1.29, 1.82) is 0 Å². The molecule has 448 valence electrons. The van der Waals surface area contributed by atoms with Crippen molar-refractivity contribution >= 4 is 17.9 Å². The third-order valence-electron chi connectivity index (χ3n) is 13.6. The number of rotatable bonds is 58. The number of ether oxygens (including phenoxy) is 3. The summed E-state index contributed by atoms with van der Waals surface area (Å²) in [6.07, 6.45) is 93.3. The van der Waals surface area contributed by atoms with Gasteiger partial charge in [-0.2, -0.15) is 0 Å². The number of allylic oxidation sites excluding steroid dienone is 22. The second-order valence-corrected chi connectivity index (χ2v) is 21.3. The summed E-state index contributed by atoms with van der Waals surface area (Å²) in [5, 5.41) is 0. The molecule has 0 spiro atoms. The van der Waals surface area contributed by atoms with Crippen LogP contribution in [0.25, 0.3) is 0 Å². The Hall–Kier alpha value is -4.45. The Morgan fingerprint density at radius 2 is 0.494 bits per heavy atom. The van der Waals surface area contributed by atoms with Crippen LogP contribution in [-0.4, -0.2) is 37.2 Å². The summed E-state index contributed by atoms with van der Waals surface area (Å²) in [5.41, 5.74) is 0. The number of hydrogen-bond donors (Lipinski definition) is 0. The van der Waals surface area contributed by atoms with Gasteiger partial charge in [0.1, 0.15) is 13.2 Å². The molecule has 0 aliphatic carbocycles. The molecule has 0 aliphatic heterocycles. The lowest BCUT2D eigenvalue weighted by atomic mass is 10.0. The van der Waals surface area contributed by atoms with Gasteiger partial charge in [-0.1, -0.05) is 270 Å². The van der Waals surface area contributed by atoms with Gasteiger partial charge in [0.25, 0.3) is 0 Å². The topological polar surface area (TPSA) is 78.9 Å². The van der Waals surface area contributed by atoms with Crippen LogP contribution in [0.2, 0.25) is 0 Å². The molecule has 0 bridgehead atoms. The molecule has 0 fully saturated rings. The summed E-state index contributed by atoms with van der Waals surface area (Å²) in [4.78, 5) is 38.2. The minimum absolute atomic E-state index is 0.0952. The molecule has 0 aliphatic rings. The van der Waals surface area contributed by atoms with Crippen LogP contribution in [0.15, 0.2) is 134 Å². The number of esters is 3. The lowest BCUT2D eigenvalue weighted by Crippen LogP contribution is -2.30. The van der Waals surface area contributed by atoms with Gasteiger partial charge in [-0.25, -0.2) is 0 Å². The van der Waals surface area contributed by atoms with E-state index >= 15 is 0 Å². The molecule has 0 aromatic heterocycles. The molecule has 0 aromatic carbocycles. The third kappa shape index (κ3) is 64.3. The maximum atomic E-state index is 12.9. The van der Waals surface area contributed by atoms with Gasteiger partial charge in [0.2, 0.25) is 0 Å². The predicted molar refractivity (Wildman–Crippen MR) is 343 cm³/mol. The van der Waals surface area contributed by atoms with Gasteiger partial charge in [-0.15, -0.1) is 0 Å². The van der Waals surface area contributed by atoms with Gasteiger partial charge in [-0.05, 0) is 135 Å². The summed E-state index contributed by atoms with van der Waals surface area (Å²) >= 11 is 0. The first kappa shape index (κ1) is 74.5. The molecule has 79 heavy (non-hydrogen) atoms. The van der Waals surface area contributed by atoms with Crippen LogP contribution in [0.4, 0.5) is 0 Å². The van der Waals surface area contributed by atoms with Crippen LogP contribution < -0.4 is 0 Å². The van der Waals surface area contributed by atoms with Crippen molar-refractivity contribution in [3.8, 4) is 0 Å². The summed E-state index contributed by atoms with van der Waals surface area (Å²) in [6.45, 7) is 6.35. The number of hydrogen-bond acceptors (Lipinski definition) is 6. The molecular weight excluding hydrogens is 973 g/mol. The fraction of sp³-hybridized carbons (Fsp3) is 0.658. The van der Waals surface area contributed by atoms with Crippen molar-refractivity contribution < 1.29 is 28.6 Å². The van der Waals surface area contributed by atoms with Crippen molar-refractivity contribution in [2.24, 2.45) is 0 Å². The van der Waals surface area contributed by atoms with E-state index in [2.05, 4.69) is 154 Å². The van der Waals surface area contributed by atoms with Crippen molar-refractivity contribution in [3.05, 3.63) is 134 Å². The average Bonchev–Trinajstić information content (AvgIpc) is 3.45. The smallest absolute Gasteiger partial charge is 0.306 e. The van der Waals surface area contributed by atoms with Gasteiger partial charge in [-0.3, -0.25) is 14.4 Å². The Morgan fingerprint density at radius 3 is 0.785 bits per heavy atom. The van der Waals surface area contributed by atoms with Crippen molar-refractivity contribution in [2.45, 2.75) is 297 Å². The van der Waals surface area contributed by atoms with Gasteiger partial charge in [0.15, 0.2) is 6.10 Å². The van der Waals surface area contributed by atoms with Crippen LogP contribution in [-0.2, 0) is 28.6 Å². The Morgan fingerprint density at radius 1 is 0.266 bits per heavy atom. The largest absolute Gasteiger partial charge is 0.462 e. The lowest BCUT2D eigenvalue weighted by Gasteiger charge is -2.18. The summed E-state index contributed by atoms with van der Waals surface area (Å²) in [6, 6.07) is 0. The first-order chi connectivity index (χ1) is 39.0. The third-order valence-corrected chi connectivity index (χ3v) is 13.6. The van der Waals surface area contributed by atoms with E-state index < -0.39 is 6.10 Å². The van der Waals surface area contributed by atoms with E-state index in [1.165, 1.54) is 103 Å². The second-order valence-electron chi connectivity index (χ2n) is 21.3. The van der Waals surface area contributed by atoms with Gasteiger partial charge < -0.3 is 14.2 Å². The van der Waals surface area contributed by atoms with E-state index in [1.807, 2.05) is 0 Å². The van der Waals surface area contributed by atoms with Gasteiger partial charge >= 0.3 is 17.9 Å². The van der Waals surface area contributed by atoms with E-state index in [-0.39, 0.29) is 31.1 Å². The van der Waals surface area contributed by atoms with Crippen LogP contribution >= 0.6 is 0 Å². The highest BCUT2D eigenvalue weighted by molar-refractivity contribution is 5.71. The summed E-state index contributed by atoms with van der Waals surface area (Å²) in [7, 11) is 0. The summed E-state index contributed by atoms with van der Waals surface area (Å²) in [5.74, 6) is -0.938. The number of carbonyl (C=O) groups excluding carboxylic acids is 3. The quantitative estimate of drug-likeness (QED) is 0.0261. The van der Waals surface area contributed by atoms with Crippen LogP contribution in [0, 0.1) is 0 Å². The molecule has 1 unspecified atom stereocenters. The normalized spacial score (nSPS) is 13.0. The van der Waals surface area contributed by atoms with E-state index in [4.69, 9.17) is 14.2 Å². The molecule has 0 saturated carbocycles. The van der Waals surface area contributed by atoms with Crippen molar-refractivity contribution in [1.82, 2.24) is 0 Å². The molecule has 0 amide bonds. The molecule has 6 heteroatoms. The highest BCUT2D eigenvalue weighted by Crippen LogP contribution is 2.16. The Bertz CT molecular complexity index is 1680. The Kier molecular flexibility index (Phi) is 62.3. The minimum atomic E-state index is -0.801. The molecule has 0 saturated heterocycles. The lowest BCUT2D eigenvalue weighted by molar-refractivity contribution is -0.167. The van der Waals surface area contributed by atoms with Crippen molar-refractivity contribution in [3.63, 3.8) is 0 Å². The molecule has 0 radical (unpaired) electrons. The fourth-order valence-corrected chi connectivity index (χ4v) is 8.79. The second kappa shape index (κ2) is 66.1. The van der Waals surface area contributed by atoms with Crippen molar-refractivity contribution in [2.75, 3.05) is 13.2 Å². The van der Waals surface area contributed by atoms with Gasteiger partial charge in [0.05, 0.1) is 0 Å². The molecule has 0 heterocycles. The molecule has 0 aromatic rings. The summed E-state index contributed by atoms with van der Waals surface area (Å²) < 4.78 is 16.9. The van der Waals surface area contributed by atoms with E-state index in [0.717, 1.165) is 148 Å². The highest BCUT2D eigenvalue weighted by Gasteiger charge is 2.19. The number of unbranched alkanes of at least 4 members (excludes halogenated alkanes) is 25. The zero-order valence-electron chi connectivity index (χ0n) is 51.3. The Balaban J connectivity index is 4.22. The zero-order valence-corrected chi connectivity index (χ0v) is 51.3. The van der Waals surface area contributed by atoms with E-state index in [0.29, 0.717) is 19.3 Å².